The second-order valence-electron chi connectivity index (χ2n) is 14.0. The number of benzene rings is 10. The van der Waals surface area contributed by atoms with E-state index in [2.05, 4.69) is 182 Å². The molecule has 0 bridgehead atoms. The lowest BCUT2D eigenvalue weighted by atomic mass is 9.82. The Kier molecular flexibility index (Phi) is 6.62. The van der Waals surface area contributed by atoms with Crippen molar-refractivity contribution >= 4 is 65.0 Å². The molecule has 0 radical (unpaired) electrons. The van der Waals surface area contributed by atoms with Gasteiger partial charge in [0.2, 0.25) is 0 Å². The number of para-hydroxylation sites is 1. The Morgan fingerprint density at radius 1 is 0.245 bits per heavy atom. The van der Waals surface area contributed by atoms with E-state index in [0.29, 0.717) is 0 Å². The van der Waals surface area contributed by atoms with Crippen LogP contribution in [0.5, 0.6) is 0 Å². The number of hydrogen-bond donors (Lipinski definition) is 0. The third-order valence-electron chi connectivity index (χ3n) is 11.0. The smallest absolute Gasteiger partial charge is 0.135 e. The molecule has 11 aromatic rings. The third-order valence-corrected chi connectivity index (χ3v) is 11.0. The first-order chi connectivity index (χ1) is 26.3. The molecule has 0 spiro atoms. The fraction of sp³-hybridized carbons (Fsp3) is 0. The summed E-state index contributed by atoms with van der Waals surface area (Å²) in [6, 6.07) is 70.7. The number of fused-ring (bicyclic) bond motifs is 8. The highest BCUT2D eigenvalue weighted by Gasteiger charge is 2.20. The zero-order chi connectivity index (χ0) is 34.9. The van der Waals surface area contributed by atoms with E-state index in [1.54, 1.807) is 0 Å². The minimum Gasteiger partial charge on any atom is -0.456 e. The fourth-order valence-electron chi connectivity index (χ4n) is 8.70. The average molecular weight is 673 g/mol. The average Bonchev–Trinajstić information content (AvgIpc) is 3.60. The predicted molar refractivity (Wildman–Crippen MR) is 225 cm³/mol. The summed E-state index contributed by atoms with van der Waals surface area (Å²) in [5, 5.41) is 12.3. The molecule has 1 heterocycles. The van der Waals surface area contributed by atoms with Gasteiger partial charge in [0, 0.05) is 10.8 Å². The van der Waals surface area contributed by atoms with Crippen molar-refractivity contribution < 1.29 is 4.42 Å². The van der Waals surface area contributed by atoms with Crippen molar-refractivity contribution in [2.75, 3.05) is 0 Å². The van der Waals surface area contributed by atoms with Gasteiger partial charge < -0.3 is 4.42 Å². The highest BCUT2D eigenvalue weighted by Crippen LogP contribution is 2.48. The highest BCUT2D eigenvalue weighted by atomic mass is 16.3. The monoisotopic (exact) mass is 672 g/mol. The summed E-state index contributed by atoms with van der Waals surface area (Å²) in [6.07, 6.45) is 0. The molecular weight excluding hydrogens is 641 g/mol. The van der Waals surface area contributed by atoms with Crippen LogP contribution in [0.2, 0.25) is 0 Å². The van der Waals surface area contributed by atoms with Crippen LogP contribution in [0.15, 0.2) is 199 Å². The van der Waals surface area contributed by atoms with Crippen LogP contribution in [0.1, 0.15) is 0 Å². The molecular formula is C52H32O. The molecule has 1 heteroatoms. The summed E-state index contributed by atoms with van der Waals surface area (Å²) >= 11 is 0. The van der Waals surface area contributed by atoms with Crippen molar-refractivity contribution in [3.05, 3.63) is 194 Å². The lowest BCUT2D eigenvalue weighted by Gasteiger charge is -2.21. The lowest BCUT2D eigenvalue weighted by molar-refractivity contribution is 0.669. The van der Waals surface area contributed by atoms with Crippen LogP contribution in [-0.4, -0.2) is 0 Å². The zero-order valence-corrected chi connectivity index (χ0v) is 28.9. The van der Waals surface area contributed by atoms with Gasteiger partial charge >= 0.3 is 0 Å². The summed E-state index contributed by atoms with van der Waals surface area (Å²) in [5.41, 5.74) is 11.6. The van der Waals surface area contributed by atoms with Crippen LogP contribution in [0, 0.1) is 0 Å². The maximum absolute atomic E-state index is 6.16. The maximum Gasteiger partial charge on any atom is 0.135 e. The molecule has 10 aromatic carbocycles. The molecule has 0 saturated heterocycles. The SMILES string of the molecule is c1cc(-c2ccc3oc4ccccc4c3c2)cc(-c2c3ccccc3c(-c3ccccc3-c3cc4ccccc4c4ccccc34)c3ccccc23)c1. The topological polar surface area (TPSA) is 13.1 Å². The van der Waals surface area contributed by atoms with Crippen molar-refractivity contribution in [2.24, 2.45) is 0 Å². The minimum absolute atomic E-state index is 0.913. The molecule has 53 heavy (non-hydrogen) atoms. The van der Waals surface area contributed by atoms with Crippen LogP contribution in [-0.2, 0) is 0 Å². The normalized spacial score (nSPS) is 11.8. The number of rotatable bonds is 4. The Morgan fingerprint density at radius 2 is 0.774 bits per heavy atom. The van der Waals surface area contributed by atoms with Gasteiger partial charge in [-0.05, 0) is 118 Å². The molecule has 0 amide bonds. The Balaban J connectivity index is 1.15. The first kappa shape index (κ1) is 29.7. The molecule has 0 N–H and O–H groups in total. The van der Waals surface area contributed by atoms with Crippen molar-refractivity contribution in [1.29, 1.82) is 0 Å². The molecule has 1 aromatic heterocycles. The molecule has 0 saturated carbocycles. The number of hydrogen-bond acceptors (Lipinski definition) is 1. The quantitative estimate of drug-likeness (QED) is 0.134. The Hall–Kier alpha value is -6.96. The van der Waals surface area contributed by atoms with Gasteiger partial charge in [0.05, 0.1) is 0 Å². The van der Waals surface area contributed by atoms with Gasteiger partial charge in [-0.25, -0.2) is 0 Å². The summed E-state index contributed by atoms with van der Waals surface area (Å²) < 4.78 is 6.16. The van der Waals surface area contributed by atoms with Crippen molar-refractivity contribution in [3.63, 3.8) is 0 Å². The van der Waals surface area contributed by atoms with Gasteiger partial charge in [0.1, 0.15) is 11.2 Å². The van der Waals surface area contributed by atoms with E-state index < -0.39 is 0 Å². The van der Waals surface area contributed by atoms with E-state index in [1.165, 1.54) is 87.6 Å². The first-order valence-corrected chi connectivity index (χ1v) is 18.3. The van der Waals surface area contributed by atoms with Crippen molar-refractivity contribution in [3.8, 4) is 44.5 Å². The van der Waals surface area contributed by atoms with E-state index in [0.717, 1.165) is 21.9 Å². The molecule has 0 aliphatic carbocycles. The van der Waals surface area contributed by atoms with Crippen LogP contribution in [0.3, 0.4) is 0 Å². The standard InChI is InChI=1S/C52H32O/c1-2-17-37-35(14-1)32-47(39-19-4-3-18-38(37)39)40-20-5-6-22-42(40)52-45-25-9-7-23-43(45)51(44-24-8-10-26-46(44)52)36-16-13-15-33(30-36)34-28-29-50-48(31-34)41-21-11-12-27-49(41)53-50/h1-32H. The predicted octanol–water partition coefficient (Wildman–Crippen LogP) is 14.9. The second-order valence-corrected chi connectivity index (χ2v) is 14.0. The van der Waals surface area contributed by atoms with Crippen molar-refractivity contribution in [2.45, 2.75) is 0 Å². The fourth-order valence-corrected chi connectivity index (χ4v) is 8.70. The summed E-state index contributed by atoms with van der Waals surface area (Å²) in [7, 11) is 0. The van der Waals surface area contributed by atoms with E-state index in [4.69, 9.17) is 4.42 Å². The molecule has 1 nitrogen and oxygen atoms in total. The molecule has 0 atom stereocenters. The van der Waals surface area contributed by atoms with Gasteiger partial charge in [-0.3, -0.25) is 0 Å². The lowest BCUT2D eigenvalue weighted by Crippen LogP contribution is -1.93. The van der Waals surface area contributed by atoms with E-state index in [-0.39, 0.29) is 0 Å². The van der Waals surface area contributed by atoms with Crippen LogP contribution >= 0.6 is 0 Å². The van der Waals surface area contributed by atoms with Gasteiger partial charge in [0.15, 0.2) is 0 Å². The largest absolute Gasteiger partial charge is 0.456 e. The molecule has 11 rings (SSSR count). The third kappa shape index (κ3) is 4.64. The van der Waals surface area contributed by atoms with Crippen molar-refractivity contribution in [1.82, 2.24) is 0 Å². The molecule has 0 unspecified atom stereocenters. The van der Waals surface area contributed by atoms with Gasteiger partial charge in [-0.15, -0.1) is 0 Å². The minimum atomic E-state index is 0.913. The Bertz CT molecular complexity index is 3180. The maximum atomic E-state index is 6.16. The van der Waals surface area contributed by atoms with Crippen LogP contribution < -0.4 is 0 Å². The molecule has 0 aliphatic heterocycles. The Labute approximate surface area is 307 Å². The molecule has 246 valence electrons. The summed E-state index contributed by atoms with van der Waals surface area (Å²) in [4.78, 5) is 0. The first-order valence-electron chi connectivity index (χ1n) is 18.3. The second kappa shape index (κ2) is 11.8. The molecule has 0 fully saturated rings. The van der Waals surface area contributed by atoms with Gasteiger partial charge in [-0.2, -0.15) is 0 Å². The summed E-state index contributed by atoms with van der Waals surface area (Å²) in [5.74, 6) is 0. The van der Waals surface area contributed by atoms with Gasteiger partial charge in [-0.1, -0.05) is 164 Å². The Morgan fingerprint density at radius 3 is 1.53 bits per heavy atom. The van der Waals surface area contributed by atoms with Crippen LogP contribution in [0.4, 0.5) is 0 Å². The van der Waals surface area contributed by atoms with E-state index >= 15 is 0 Å². The zero-order valence-electron chi connectivity index (χ0n) is 28.9. The van der Waals surface area contributed by atoms with Gasteiger partial charge in [0.25, 0.3) is 0 Å². The number of furan rings is 1. The summed E-state index contributed by atoms with van der Waals surface area (Å²) in [6.45, 7) is 0. The highest BCUT2D eigenvalue weighted by molar-refractivity contribution is 6.23. The molecule has 0 aliphatic rings. The van der Waals surface area contributed by atoms with E-state index in [1.807, 2.05) is 12.1 Å². The van der Waals surface area contributed by atoms with E-state index in [9.17, 15) is 0 Å². The van der Waals surface area contributed by atoms with Crippen LogP contribution in [0.25, 0.3) is 110 Å².